The van der Waals surface area contributed by atoms with Gasteiger partial charge in [0.05, 0.1) is 5.69 Å². The predicted octanol–water partition coefficient (Wildman–Crippen LogP) is 3.94. The van der Waals surface area contributed by atoms with E-state index in [0.717, 1.165) is 13.1 Å². The van der Waals surface area contributed by atoms with E-state index in [4.69, 9.17) is 0 Å². The van der Waals surface area contributed by atoms with Crippen molar-refractivity contribution in [1.82, 2.24) is 5.32 Å². The van der Waals surface area contributed by atoms with Crippen LogP contribution in [0.4, 0.5) is 5.69 Å². The number of halogens is 1. The molecule has 1 aliphatic heterocycles. The van der Waals surface area contributed by atoms with E-state index in [1.54, 1.807) is 0 Å². The van der Waals surface area contributed by atoms with Crippen molar-refractivity contribution in [1.29, 1.82) is 0 Å². The fourth-order valence-corrected chi connectivity index (χ4v) is 3.14. The average Bonchev–Trinajstić information content (AvgIpc) is 2.40. The lowest BCUT2D eigenvalue weighted by molar-refractivity contribution is 0.577. The predicted molar refractivity (Wildman–Crippen MR) is 82.2 cm³/mol. The first-order valence-corrected chi connectivity index (χ1v) is 7.84. The number of benzene rings is 1. The lowest BCUT2D eigenvalue weighted by atomic mass is 10.1. The molecule has 2 rings (SSSR count). The van der Waals surface area contributed by atoms with E-state index in [1.165, 1.54) is 54.5 Å². The van der Waals surface area contributed by atoms with Crippen molar-refractivity contribution in [2.45, 2.75) is 39.2 Å². The molecule has 0 amide bonds. The normalized spacial score (nSPS) is 16.0. The number of hydrogen-bond donors (Lipinski definition) is 1. The maximum absolute atomic E-state index is 3.72. The van der Waals surface area contributed by atoms with Crippen molar-refractivity contribution < 1.29 is 0 Å². The van der Waals surface area contributed by atoms with E-state index in [2.05, 4.69) is 51.3 Å². The van der Waals surface area contributed by atoms with Crippen molar-refractivity contribution >= 4 is 21.6 Å². The summed E-state index contributed by atoms with van der Waals surface area (Å²) >= 11 is 3.72. The standard InChI is InChI=1S/C15H23BrN2/c1-2-8-17-12-13-6-7-15(14(16)11-13)18-9-4-3-5-10-18/h6-7,11,17H,2-5,8-10,12H2,1H3. The third-order valence-corrected chi connectivity index (χ3v) is 4.10. The molecule has 0 bridgehead atoms. The lowest BCUT2D eigenvalue weighted by Gasteiger charge is -2.29. The van der Waals surface area contributed by atoms with Gasteiger partial charge in [0.15, 0.2) is 0 Å². The Morgan fingerprint density at radius 2 is 2.00 bits per heavy atom. The van der Waals surface area contributed by atoms with Gasteiger partial charge in [-0.15, -0.1) is 0 Å². The summed E-state index contributed by atoms with van der Waals surface area (Å²) in [6.07, 6.45) is 5.22. The zero-order chi connectivity index (χ0) is 12.8. The smallest absolute Gasteiger partial charge is 0.0510 e. The molecular weight excluding hydrogens is 288 g/mol. The minimum absolute atomic E-state index is 0.965. The van der Waals surface area contributed by atoms with E-state index in [1.807, 2.05) is 0 Å². The van der Waals surface area contributed by atoms with Crippen LogP contribution in [0, 0.1) is 0 Å². The molecule has 0 spiro atoms. The number of nitrogens with one attached hydrogen (secondary N) is 1. The van der Waals surface area contributed by atoms with Crippen LogP contribution in [-0.2, 0) is 6.54 Å². The monoisotopic (exact) mass is 310 g/mol. The average molecular weight is 311 g/mol. The molecule has 3 heteroatoms. The van der Waals surface area contributed by atoms with Gasteiger partial charge in [-0.2, -0.15) is 0 Å². The van der Waals surface area contributed by atoms with Crippen LogP contribution >= 0.6 is 15.9 Å². The minimum Gasteiger partial charge on any atom is -0.371 e. The second-order valence-corrected chi connectivity index (χ2v) is 5.86. The largest absolute Gasteiger partial charge is 0.371 e. The molecule has 0 aromatic heterocycles. The van der Waals surface area contributed by atoms with Gasteiger partial charge < -0.3 is 10.2 Å². The van der Waals surface area contributed by atoms with Crippen molar-refractivity contribution in [2.75, 3.05) is 24.5 Å². The highest BCUT2D eigenvalue weighted by atomic mass is 79.9. The van der Waals surface area contributed by atoms with Gasteiger partial charge in [0.25, 0.3) is 0 Å². The number of hydrogen-bond acceptors (Lipinski definition) is 2. The SMILES string of the molecule is CCCNCc1ccc(N2CCCCC2)c(Br)c1. The molecule has 1 aliphatic rings. The summed E-state index contributed by atoms with van der Waals surface area (Å²) in [6, 6.07) is 6.77. The Labute approximate surface area is 119 Å². The van der Waals surface area contributed by atoms with Gasteiger partial charge in [0.1, 0.15) is 0 Å². The first-order valence-electron chi connectivity index (χ1n) is 7.05. The van der Waals surface area contributed by atoms with E-state index >= 15 is 0 Å². The first kappa shape index (κ1) is 13.9. The molecular formula is C15H23BrN2. The van der Waals surface area contributed by atoms with Crippen molar-refractivity contribution in [2.24, 2.45) is 0 Å². The Balaban J connectivity index is 2.00. The van der Waals surface area contributed by atoms with Gasteiger partial charge in [-0.25, -0.2) is 0 Å². The maximum atomic E-state index is 3.72. The van der Waals surface area contributed by atoms with E-state index in [-0.39, 0.29) is 0 Å². The van der Waals surface area contributed by atoms with E-state index in [0.29, 0.717) is 0 Å². The van der Waals surface area contributed by atoms with E-state index < -0.39 is 0 Å². The van der Waals surface area contributed by atoms with Crippen LogP contribution in [0.3, 0.4) is 0 Å². The van der Waals surface area contributed by atoms with Crippen LogP contribution in [0.25, 0.3) is 0 Å². The summed E-state index contributed by atoms with van der Waals surface area (Å²) < 4.78 is 1.24. The molecule has 2 nitrogen and oxygen atoms in total. The molecule has 0 unspecified atom stereocenters. The summed E-state index contributed by atoms with van der Waals surface area (Å²) in [5, 5.41) is 3.44. The zero-order valence-corrected chi connectivity index (χ0v) is 12.8. The molecule has 1 aromatic carbocycles. The second-order valence-electron chi connectivity index (χ2n) is 5.01. The van der Waals surface area contributed by atoms with Crippen LogP contribution in [0.5, 0.6) is 0 Å². The molecule has 1 aromatic rings. The summed E-state index contributed by atoms with van der Waals surface area (Å²) in [5.74, 6) is 0. The Hall–Kier alpha value is -0.540. The minimum atomic E-state index is 0.965. The van der Waals surface area contributed by atoms with Gasteiger partial charge in [-0.3, -0.25) is 0 Å². The maximum Gasteiger partial charge on any atom is 0.0510 e. The fraction of sp³-hybridized carbons (Fsp3) is 0.600. The highest BCUT2D eigenvalue weighted by Gasteiger charge is 2.13. The summed E-state index contributed by atoms with van der Waals surface area (Å²) in [6.45, 7) is 6.65. The molecule has 0 aliphatic carbocycles. The molecule has 100 valence electrons. The van der Waals surface area contributed by atoms with Crippen molar-refractivity contribution in [3.8, 4) is 0 Å². The summed E-state index contributed by atoms with van der Waals surface area (Å²) in [5.41, 5.74) is 2.71. The first-order chi connectivity index (χ1) is 8.81. The lowest BCUT2D eigenvalue weighted by Crippen LogP contribution is -2.29. The Morgan fingerprint density at radius 3 is 2.67 bits per heavy atom. The number of anilines is 1. The third kappa shape index (κ3) is 3.72. The van der Waals surface area contributed by atoms with Crippen LogP contribution in [0.1, 0.15) is 38.2 Å². The van der Waals surface area contributed by atoms with Crippen LogP contribution < -0.4 is 10.2 Å². The van der Waals surface area contributed by atoms with Gasteiger partial charge in [0, 0.05) is 24.1 Å². The van der Waals surface area contributed by atoms with Crippen molar-refractivity contribution in [3.05, 3.63) is 28.2 Å². The third-order valence-electron chi connectivity index (χ3n) is 3.46. The number of rotatable bonds is 5. The summed E-state index contributed by atoms with van der Waals surface area (Å²) in [7, 11) is 0. The number of piperidine rings is 1. The fourth-order valence-electron chi connectivity index (χ4n) is 2.46. The molecule has 1 fully saturated rings. The topological polar surface area (TPSA) is 15.3 Å². The Morgan fingerprint density at radius 1 is 1.22 bits per heavy atom. The molecule has 0 saturated carbocycles. The van der Waals surface area contributed by atoms with Gasteiger partial charge in [0.2, 0.25) is 0 Å². The zero-order valence-electron chi connectivity index (χ0n) is 11.2. The van der Waals surface area contributed by atoms with Crippen LogP contribution in [-0.4, -0.2) is 19.6 Å². The van der Waals surface area contributed by atoms with Gasteiger partial charge >= 0.3 is 0 Å². The molecule has 1 saturated heterocycles. The van der Waals surface area contributed by atoms with Crippen molar-refractivity contribution in [3.63, 3.8) is 0 Å². The Bertz CT molecular complexity index is 373. The molecule has 1 heterocycles. The highest BCUT2D eigenvalue weighted by Crippen LogP contribution is 2.29. The Kier molecular flexibility index (Phi) is 5.51. The van der Waals surface area contributed by atoms with Crippen LogP contribution in [0.15, 0.2) is 22.7 Å². The second kappa shape index (κ2) is 7.15. The number of nitrogens with zero attached hydrogens (tertiary/aromatic N) is 1. The quantitative estimate of drug-likeness (QED) is 0.829. The van der Waals surface area contributed by atoms with E-state index in [9.17, 15) is 0 Å². The van der Waals surface area contributed by atoms with Gasteiger partial charge in [-0.05, 0) is 65.9 Å². The molecule has 0 radical (unpaired) electrons. The molecule has 18 heavy (non-hydrogen) atoms. The molecule has 1 N–H and O–H groups in total. The highest BCUT2D eigenvalue weighted by molar-refractivity contribution is 9.10. The summed E-state index contributed by atoms with van der Waals surface area (Å²) in [4.78, 5) is 2.50. The molecule has 0 atom stereocenters. The van der Waals surface area contributed by atoms with Crippen LogP contribution in [0.2, 0.25) is 0 Å². The van der Waals surface area contributed by atoms with Gasteiger partial charge in [-0.1, -0.05) is 13.0 Å².